The lowest BCUT2D eigenvalue weighted by molar-refractivity contribution is 0.00859. The number of piperazine rings is 1. The fraction of sp³-hybridized carbons (Fsp3) is 0.562. The molecule has 1 aromatic rings. The van der Waals surface area contributed by atoms with Crippen molar-refractivity contribution in [2.75, 3.05) is 19.6 Å². The van der Waals surface area contributed by atoms with Crippen molar-refractivity contribution in [3.63, 3.8) is 0 Å². The zero-order valence-electron chi connectivity index (χ0n) is 14.3. The first-order chi connectivity index (χ1) is 11.0. The van der Waals surface area contributed by atoms with Crippen molar-refractivity contribution in [3.05, 3.63) is 29.3 Å². The largest absolute Gasteiger partial charge is 0.444 e. The predicted molar refractivity (Wildman–Crippen MR) is 92.6 cm³/mol. The Hall–Kier alpha value is -1.31. The highest BCUT2D eigenvalue weighted by molar-refractivity contribution is 7.89. The topological polar surface area (TPSA) is 66.9 Å². The number of nitrogens with zero attached hydrogens (tertiary/aromatic N) is 2. The number of benzene rings is 1. The molecule has 8 heteroatoms. The third kappa shape index (κ3) is 4.40. The van der Waals surface area contributed by atoms with Gasteiger partial charge < -0.3 is 9.64 Å². The number of rotatable bonds is 2. The summed E-state index contributed by atoms with van der Waals surface area (Å²) in [5.74, 6) is 0. The fourth-order valence-electron chi connectivity index (χ4n) is 2.49. The molecule has 1 aliphatic heterocycles. The zero-order chi connectivity index (χ0) is 18.1. The summed E-state index contributed by atoms with van der Waals surface area (Å²) in [6.45, 7) is 7.97. The summed E-state index contributed by atoms with van der Waals surface area (Å²) in [4.78, 5) is 14.0. The number of hydrogen-bond donors (Lipinski definition) is 0. The molecule has 1 amide bonds. The Morgan fingerprint density at radius 3 is 2.29 bits per heavy atom. The van der Waals surface area contributed by atoms with E-state index in [4.69, 9.17) is 16.3 Å². The van der Waals surface area contributed by atoms with Crippen LogP contribution in [0.1, 0.15) is 27.7 Å². The molecule has 0 spiro atoms. The van der Waals surface area contributed by atoms with Crippen LogP contribution in [0.15, 0.2) is 29.2 Å². The van der Waals surface area contributed by atoms with Gasteiger partial charge in [-0.25, -0.2) is 13.2 Å². The number of sulfonamides is 1. The number of carbonyl (C=O) groups excluding carboxylic acids is 1. The van der Waals surface area contributed by atoms with Gasteiger partial charge in [-0.1, -0.05) is 11.6 Å². The van der Waals surface area contributed by atoms with Crippen LogP contribution >= 0.6 is 11.6 Å². The Labute approximate surface area is 148 Å². The van der Waals surface area contributed by atoms with Crippen LogP contribution in [0.4, 0.5) is 4.79 Å². The van der Waals surface area contributed by atoms with Gasteiger partial charge in [-0.15, -0.1) is 0 Å². The molecule has 1 atom stereocenters. The Morgan fingerprint density at radius 2 is 1.79 bits per heavy atom. The smallest absolute Gasteiger partial charge is 0.410 e. The van der Waals surface area contributed by atoms with Gasteiger partial charge >= 0.3 is 6.09 Å². The molecular weight excluding hydrogens is 352 g/mol. The van der Waals surface area contributed by atoms with Gasteiger partial charge in [-0.3, -0.25) is 0 Å². The number of ether oxygens (including phenoxy) is 1. The Morgan fingerprint density at radius 1 is 1.21 bits per heavy atom. The van der Waals surface area contributed by atoms with Crippen molar-refractivity contribution in [2.45, 2.75) is 44.2 Å². The van der Waals surface area contributed by atoms with Crippen LogP contribution in [0, 0.1) is 0 Å². The summed E-state index contributed by atoms with van der Waals surface area (Å²) in [7, 11) is -3.60. The molecule has 0 aliphatic carbocycles. The second-order valence-corrected chi connectivity index (χ2v) is 9.21. The molecule has 0 saturated carbocycles. The summed E-state index contributed by atoms with van der Waals surface area (Å²) in [6.07, 6.45) is -0.418. The Balaban J connectivity index is 2.10. The molecule has 2 rings (SSSR count). The van der Waals surface area contributed by atoms with E-state index in [0.29, 0.717) is 11.6 Å². The average Bonchev–Trinajstić information content (AvgIpc) is 2.45. The molecule has 0 bridgehead atoms. The number of halogens is 1. The van der Waals surface area contributed by atoms with Crippen molar-refractivity contribution < 1.29 is 17.9 Å². The molecule has 0 N–H and O–H groups in total. The maximum absolute atomic E-state index is 12.7. The second kappa shape index (κ2) is 6.90. The first-order valence-corrected chi connectivity index (χ1v) is 9.58. The van der Waals surface area contributed by atoms with Gasteiger partial charge in [0.15, 0.2) is 0 Å². The van der Waals surface area contributed by atoms with E-state index in [2.05, 4.69) is 0 Å². The first-order valence-electron chi connectivity index (χ1n) is 7.76. The summed E-state index contributed by atoms with van der Waals surface area (Å²) in [5.41, 5.74) is -0.580. The van der Waals surface area contributed by atoms with Crippen molar-refractivity contribution in [1.82, 2.24) is 9.21 Å². The molecule has 1 saturated heterocycles. The summed E-state index contributed by atoms with van der Waals surface area (Å²) >= 11 is 5.81. The molecule has 0 aromatic heterocycles. The quantitative estimate of drug-likeness (QED) is 0.798. The van der Waals surface area contributed by atoms with Gasteiger partial charge in [0, 0.05) is 30.7 Å². The van der Waals surface area contributed by atoms with E-state index < -0.39 is 21.7 Å². The minimum Gasteiger partial charge on any atom is -0.444 e. The predicted octanol–water partition coefficient (Wildman–Crippen LogP) is 2.97. The minimum atomic E-state index is -3.60. The molecule has 6 nitrogen and oxygen atoms in total. The van der Waals surface area contributed by atoms with Crippen LogP contribution in [0.3, 0.4) is 0 Å². The maximum atomic E-state index is 12.7. The standard InChI is InChI=1S/C16H23ClN2O4S/c1-12-11-18(9-10-19(12)15(20)23-16(2,3)4)24(21,22)14-7-5-13(17)6-8-14/h5-8,12H,9-11H2,1-4H3. The highest BCUT2D eigenvalue weighted by Crippen LogP contribution is 2.22. The van der Waals surface area contributed by atoms with E-state index in [1.54, 1.807) is 37.8 Å². The van der Waals surface area contributed by atoms with Crippen molar-refractivity contribution in [3.8, 4) is 0 Å². The number of hydrogen-bond acceptors (Lipinski definition) is 4. The summed E-state index contributed by atoms with van der Waals surface area (Å²) < 4.78 is 32.2. The second-order valence-electron chi connectivity index (χ2n) is 6.84. The van der Waals surface area contributed by atoms with Gasteiger partial charge in [0.25, 0.3) is 0 Å². The van der Waals surface area contributed by atoms with E-state index in [0.717, 1.165) is 0 Å². The van der Waals surface area contributed by atoms with Gasteiger partial charge in [-0.2, -0.15) is 4.31 Å². The van der Waals surface area contributed by atoms with Crippen LogP contribution in [-0.4, -0.2) is 55.0 Å². The molecule has 1 unspecified atom stereocenters. The monoisotopic (exact) mass is 374 g/mol. The lowest BCUT2D eigenvalue weighted by Crippen LogP contribution is -2.56. The van der Waals surface area contributed by atoms with Gasteiger partial charge in [0.2, 0.25) is 10.0 Å². The summed E-state index contributed by atoms with van der Waals surface area (Å²) in [5, 5.41) is 0.483. The maximum Gasteiger partial charge on any atom is 0.410 e. The van der Waals surface area contributed by atoms with E-state index in [1.165, 1.54) is 16.4 Å². The average molecular weight is 375 g/mol. The zero-order valence-corrected chi connectivity index (χ0v) is 15.9. The minimum absolute atomic E-state index is 0.199. The highest BCUT2D eigenvalue weighted by Gasteiger charge is 2.35. The number of amides is 1. The Bertz CT molecular complexity index is 698. The molecule has 134 valence electrons. The van der Waals surface area contributed by atoms with E-state index in [9.17, 15) is 13.2 Å². The van der Waals surface area contributed by atoms with Gasteiger partial charge in [-0.05, 0) is 52.0 Å². The van der Waals surface area contributed by atoms with Gasteiger partial charge in [0.05, 0.1) is 4.90 Å². The molecule has 24 heavy (non-hydrogen) atoms. The van der Waals surface area contributed by atoms with E-state index >= 15 is 0 Å². The first kappa shape index (κ1) is 19.0. The van der Waals surface area contributed by atoms with Crippen LogP contribution in [-0.2, 0) is 14.8 Å². The molecule has 0 radical (unpaired) electrons. The lowest BCUT2D eigenvalue weighted by Gasteiger charge is -2.39. The summed E-state index contributed by atoms with van der Waals surface area (Å²) in [6, 6.07) is 5.81. The third-order valence-electron chi connectivity index (χ3n) is 3.67. The molecule has 1 heterocycles. The van der Waals surface area contributed by atoms with Crippen LogP contribution < -0.4 is 0 Å². The molecule has 1 aromatic carbocycles. The SMILES string of the molecule is CC1CN(S(=O)(=O)c2ccc(Cl)cc2)CCN1C(=O)OC(C)(C)C. The molecule has 1 fully saturated rings. The van der Waals surface area contributed by atoms with Crippen LogP contribution in [0.2, 0.25) is 5.02 Å². The third-order valence-corrected chi connectivity index (χ3v) is 5.80. The molecular formula is C16H23ClN2O4S. The normalized spacial score (nSPS) is 20.0. The van der Waals surface area contributed by atoms with Crippen LogP contribution in [0.5, 0.6) is 0 Å². The fourth-order valence-corrected chi connectivity index (χ4v) is 4.13. The Kier molecular flexibility index (Phi) is 5.47. The van der Waals surface area contributed by atoms with Crippen molar-refractivity contribution in [2.24, 2.45) is 0 Å². The van der Waals surface area contributed by atoms with Crippen molar-refractivity contribution >= 4 is 27.7 Å². The number of carbonyl (C=O) groups is 1. The van der Waals surface area contributed by atoms with E-state index in [1.807, 2.05) is 6.92 Å². The van der Waals surface area contributed by atoms with E-state index in [-0.39, 0.29) is 24.0 Å². The van der Waals surface area contributed by atoms with Crippen LogP contribution in [0.25, 0.3) is 0 Å². The van der Waals surface area contributed by atoms with Crippen molar-refractivity contribution in [1.29, 1.82) is 0 Å². The lowest BCUT2D eigenvalue weighted by atomic mass is 10.2. The van der Waals surface area contributed by atoms with Gasteiger partial charge in [0.1, 0.15) is 5.60 Å². The highest BCUT2D eigenvalue weighted by atomic mass is 35.5. The molecule has 1 aliphatic rings.